The van der Waals surface area contributed by atoms with Gasteiger partial charge in [0.2, 0.25) is 0 Å². The highest BCUT2D eigenvalue weighted by Gasteiger charge is 2.11. The van der Waals surface area contributed by atoms with Crippen LogP contribution in [0.25, 0.3) is 43.6 Å². The van der Waals surface area contributed by atoms with E-state index in [1.165, 1.54) is 0 Å². The number of pyridine rings is 2. The van der Waals surface area contributed by atoms with Crippen molar-refractivity contribution < 1.29 is 0 Å². The van der Waals surface area contributed by atoms with Gasteiger partial charge in [-0.15, -0.1) is 10.2 Å². The van der Waals surface area contributed by atoms with E-state index in [-0.39, 0.29) is 0 Å². The first-order valence-electron chi connectivity index (χ1n) is 7.09. The first-order valence-corrected chi connectivity index (χ1v) is 7.09. The van der Waals surface area contributed by atoms with Crippen molar-refractivity contribution in [1.82, 2.24) is 20.2 Å². The fourth-order valence-electron chi connectivity index (χ4n) is 3.08. The van der Waals surface area contributed by atoms with E-state index < -0.39 is 0 Å². The van der Waals surface area contributed by atoms with E-state index >= 15 is 0 Å². The first-order chi connectivity index (χ1) is 10.9. The van der Waals surface area contributed by atoms with E-state index in [2.05, 4.69) is 32.3 Å². The molecule has 0 atom stereocenters. The fourth-order valence-corrected chi connectivity index (χ4v) is 3.08. The maximum Gasteiger partial charge on any atom is 0.0944 e. The third kappa shape index (κ3) is 1.46. The number of fused-ring (bicyclic) bond motifs is 7. The average Bonchev–Trinajstić information content (AvgIpc) is 2.60. The quantitative estimate of drug-likeness (QED) is 0.404. The molecular weight excluding hydrogens is 272 g/mol. The highest BCUT2D eigenvalue weighted by Crippen LogP contribution is 2.33. The Morgan fingerprint density at radius 2 is 0.955 bits per heavy atom. The molecule has 4 heteroatoms. The molecule has 3 aromatic heterocycles. The van der Waals surface area contributed by atoms with Crippen molar-refractivity contribution in [2.75, 3.05) is 0 Å². The lowest BCUT2D eigenvalue weighted by Crippen LogP contribution is -1.91. The van der Waals surface area contributed by atoms with Gasteiger partial charge in [-0.05, 0) is 36.4 Å². The van der Waals surface area contributed by atoms with Crippen molar-refractivity contribution in [2.45, 2.75) is 0 Å². The van der Waals surface area contributed by atoms with Crippen LogP contribution in [0.15, 0.2) is 60.9 Å². The van der Waals surface area contributed by atoms with Gasteiger partial charge in [0.15, 0.2) is 0 Å². The molecule has 0 bridgehead atoms. The normalized spacial score (nSPS) is 11.6. The number of aromatic nitrogens is 4. The fraction of sp³-hybridized carbons (Fsp3) is 0. The summed E-state index contributed by atoms with van der Waals surface area (Å²) in [6, 6.07) is 16.0. The molecule has 22 heavy (non-hydrogen) atoms. The number of rotatable bonds is 0. The zero-order chi connectivity index (χ0) is 14.5. The summed E-state index contributed by atoms with van der Waals surface area (Å²) in [5.41, 5.74) is 3.68. The van der Waals surface area contributed by atoms with E-state index in [0.29, 0.717) is 0 Å². The molecule has 0 spiro atoms. The van der Waals surface area contributed by atoms with Crippen molar-refractivity contribution >= 4 is 43.6 Å². The second-order valence-corrected chi connectivity index (χ2v) is 5.26. The predicted molar refractivity (Wildman–Crippen MR) is 87.6 cm³/mol. The third-order valence-electron chi connectivity index (χ3n) is 4.04. The maximum absolute atomic E-state index is 4.45. The van der Waals surface area contributed by atoms with Crippen LogP contribution in [0.3, 0.4) is 0 Å². The SMILES string of the molecule is c1cnc2ccc3nnc4ccc5ncccc5c4c3c2c1. The molecule has 2 aromatic carbocycles. The Hall–Kier alpha value is -3.14. The Balaban J connectivity index is 2.19. The van der Waals surface area contributed by atoms with Crippen LogP contribution in [0.5, 0.6) is 0 Å². The second-order valence-electron chi connectivity index (χ2n) is 5.26. The van der Waals surface area contributed by atoms with Crippen LogP contribution in [-0.2, 0) is 0 Å². The molecule has 0 radical (unpaired) electrons. The van der Waals surface area contributed by atoms with Crippen LogP contribution in [0.1, 0.15) is 0 Å². The summed E-state index contributed by atoms with van der Waals surface area (Å²) >= 11 is 0. The topological polar surface area (TPSA) is 51.6 Å². The number of benzene rings is 2. The van der Waals surface area contributed by atoms with Gasteiger partial charge in [0, 0.05) is 33.9 Å². The lowest BCUT2D eigenvalue weighted by molar-refractivity contribution is 1.12. The molecule has 0 saturated carbocycles. The minimum atomic E-state index is 0.879. The van der Waals surface area contributed by atoms with Crippen LogP contribution < -0.4 is 0 Å². The van der Waals surface area contributed by atoms with Gasteiger partial charge in [-0.25, -0.2) is 0 Å². The molecule has 0 aliphatic heterocycles. The van der Waals surface area contributed by atoms with Crippen molar-refractivity contribution in [1.29, 1.82) is 0 Å². The summed E-state index contributed by atoms with van der Waals surface area (Å²) in [5.74, 6) is 0. The van der Waals surface area contributed by atoms with Crippen LogP contribution in [-0.4, -0.2) is 20.2 Å². The van der Waals surface area contributed by atoms with Gasteiger partial charge >= 0.3 is 0 Å². The van der Waals surface area contributed by atoms with Gasteiger partial charge < -0.3 is 0 Å². The van der Waals surface area contributed by atoms with Crippen LogP contribution >= 0.6 is 0 Å². The van der Waals surface area contributed by atoms with Gasteiger partial charge in [-0.2, -0.15) is 0 Å². The molecule has 0 aliphatic carbocycles. The zero-order valence-electron chi connectivity index (χ0n) is 11.6. The van der Waals surface area contributed by atoms with Crippen LogP contribution in [0.4, 0.5) is 0 Å². The Morgan fingerprint density at radius 3 is 1.45 bits per heavy atom. The molecule has 5 aromatic rings. The van der Waals surface area contributed by atoms with Gasteiger partial charge in [0.1, 0.15) is 0 Å². The second kappa shape index (κ2) is 4.18. The molecule has 5 rings (SSSR count). The lowest BCUT2D eigenvalue weighted by Gasteiger charge is -2.08. The molecule has 0 amide bonds. The smallest absolute Gasteiger partial charge is 0.0944 e. The Bertz CT molecular complexity index is 1080. The van der Waals surface area contributed by atoms with Gasteiger partial charge in [0.05, 0.1) is 22.1 Å². The van der Waals surface area contributed by atoms with E-state index in [1.807, 2.05) is 48.8 Å². The number of nitrogens with zero attached hydrogens (tertiary/aromatic N) is 4. The molecule has 3 heterocycles. The largest absolute Gasteiger partial charge is 0.256 e. The van der Waals surface area contributed by atoms with Gasteiger partial charge in [-0.1, -0.05) is 12.1 Å². The molecule has 0 fully saturated rings. The van der Waals surface area contributed by atoms with Crippen LogP contribution in [0, 0.1) is 0 Å². The van der Waals surface area contributed by atoms with E-state index in [1.54, 1.807) is 0 Å². The summed E-state index contributed by atoms with van der Waals surface area (Å²) < 4.78 is 0. The summed E-state index contributed by atoms with van der Waals surface area (Å²) in [6.45, 7) is 0. The molecule has 102 valence electrons. The molecular formula is C18H10N4. The molecule has 4 nitrogen and oxygen atoms in total. The average molecular weight is 282 g/mol. The molecule has 0 N–H and O–H groups in total. The van der Waals surface area contributed by atoms with Crippen molar-refractivity contribution in [3.63, 3.8) is 0 Å². The molecule has 0 saturated heterocycles. The lowest BCUT2D eigenvalue weighted by atomic mass is 10.0. The molecule has 0 unspecified atom stereocenters. The van der Waals surface area contributed by atoms with E-state index in [9.17, 15) is 0 Å². The highest BCUT2D eigenvalue weighted by atomic mass is 15.1. The Kier molecular flexibility index (Phi) is 2.19. The number of hydrogen-bond acceptors (Lipinski definition) is 4. The van der Waals surface area contributed by atoms with Crippen molar-refractivity contribution in [3.8, 4) is 0 Å². The van der Waals surface area contributed by atoms with Gasteiger partial charge in [0.25, 0.3) is 0 Å². The predicted octanol–water partition coefficient (Wildman–Crippen LogP) is 3.88. The maximum atomic E-state index is 4.45. The monoisotopic (exact) mass is 282 g/mol. The summed E-state index contributed by atoms with van der Waals surface area (Å²) in [7, 11) is 0. The van der Waals surface area contributed by atoms with Crippen molar-refractivity contribution in [3.05, 3.63) is 60.9 Å². The van der Waals surface area contributed by atoms with Crippen molar-refractivity contribution in [2.24, 2.45) is 0 Å². The highest BCUT2D eigenvalue weighted by molar-refractivity contribution is 6.24. The third-order valence-corrected chi connectivity index (χ3v) is 4.04. The Morgan fingerprint density at radius 1 is 0.500 bits per heavy atom. The summed E-state index contributed by atoms with van der Waals surface area (Å²) in [6.07, 6.45) is 3.62. The van der Waals surface area contributed by atoms with Crippen LogP contribution in [0.2, 0.25) is 0 Å². The van der Waals surface area contributed by atoms with E-state index in [4.69, 9.17) is 0 Å². The minimum Gasteiger partial charge on any atom is -0.256 e. The first kappa shape index (κ1) is 11.5. The standard InChI is InChI=1S/C18H10N4/c1-3-11-13(19-9-1)5-7-15-17(11)18-12-4-2-10-20-14(12)6-8-16(18)22-21-15/h1-10H. The zero-order valence-corrected chi connectivity index (χ0v) is 11.6. The summed E-state index contributed by atoms with van der Waals surface area (Å²) in [4.78, 5) is 8.91. The number of hydrogen-bond donors (Lipinski definition) is 0. The minimum absolute atomic E-state index is 0.879. The summed E-state index contributed by atoms with van der Waals surface area (Å²) in [5, 5.41) is 13.1. The van der Waals surface area contributed by atoms with E-state index in [0.717, 1.165) is 43.6 Å². The molecule has 0 aliphatic rings. The Labute approximate surface area is 125 Å². The van der Waals surface area contributed by atoms with Gasteiger partial charge in [-0.3, -0.25) is 9.97 Å².